The zero-order valence-corrected chi connectivity index (χ0v) is 14.9. The van der Waals surface area contributed by atoms with Crippen molar-refractivity contribution in [2.75, 3.05) is 18.1 Å². The number of hydrogen-bond donors (Lipinski definition) is 1. The molecule has 24 heavy (non-hydrogen) atoms. The van der Waals surface area contributed by atoms with E-state index in [0.717, 1.165) is 30.7 Å². The van der Waals surface area contributed by atoms with Crippen LogP contribution in [0.2, 0.25) is 0 Å². The Morgan fingerprint density at radius 1 is 1.33 bits per heavy atom. The first-order valence-corrected chi connectivity index (χ1v) is 8.88. The summed E-state index contributed by atoms with van der Waals surface area (Å²) < 4.78 is 5.42. The van der Waals surface area contributed by atoms with Gasteiger partial charge in [-0.3, -0.25) is 9.59 Å². The number of carbonyl (C=O) groups excluding carboxylic acids is 2. The van der Waals surface area contributed by atoms with Crippen LogP contribution < -0.4 is 15.0 Å². The van der Waals surface area contributed by atoms with E-state index in [1.165, 1.54) is 0 Å². The topological polar surface area (TPSA) is 58.6 Å². The smallest absolute Gasteiger partial charge is 0.227 e. The van der Waals surface area contributed by atoms with E-state index in [-0.39, 0.29) is 30.2 Å². The number of hydrogen-bond acceptors (Lipinski definition) is 3. The van der Waals surface area contributed by atoms with E-state index in [9.17, 15) is 9.59 Å². The predicted octanol–water partition coefficient (Wildman–Crippen LogP) is 3.13. The van der Waals surface area contributed by atoms with Crippen molar-refractivity contribution in [2.24, 2.45) is 5.92 Å². The number of carbonyl (C=O) groups is 2. The molecule has 1 aliphatic heterocycles. The molecule has 1 aromatic rings. The molecule has 2 amide bonds. The Bertz CT molecular complexity index is 556. The molecule has 0 aromatic heterocycles. The minimum Gasteiger partial charge on any atom is -0.494 e. The fourth-order valence-corrected chi connectivity index (χ4v) is 2.96. The van der Waals surface area contributed by atoms with E-state index in [4.69, 9.17) is 4.74 Å². The molecule has 1 fully saturated rings. The summed E-state index contributed by atoms with van der Waals surface area (Å²) in [6.07, 6.45) is 3.47. The van der Waals surface area contributed by atoms with Gasteiger partial charge < -0.3 is 15.0 Å². The standard InChI is InChI=1S/C19H28N2O3/c1-4-6-7-14(3)20-19(23)15-12-18(22)21(13-15)16-8-10-17(11-9-16)24-5-2/h8-11,14-15H,4-7,12-13H2,1-3H3,(H,20,23)/t14-,15+/m1/s1. The van der Waals surface area contributed by atoms with Crippen LogP contribution in [0.5, 0.6) is 5.75 Å². The SMILES string of the molecule is CCCC[C@@H](C)NC(=O)[C@H]1CC(=O)N(c2ccc(OCC)cc2)C1. The lowest BCUT2D eigenvalue weighted by atomic mass is 10.1. The van der Waals surface area contributed by atoms with Gasteiger partial charge >= 0.3 is 0 Å². The minimum absolute atomic E-state index is 0.000483. The second-order valence-corrected chi connectivity index (χ2v) is 6.38. The average Bonchev–Trinajstić information content (AvgIpc) is 2.96. The van der Waals surface area contributed by atoms with Crippen molar-refractivity contribution in [1.82, 2.24) is 5.32 Å². The highest BCUT2D eigenvalue weighted by Gasteiger charge is 2.35. The summed E-state index contributed by atoms with van der Waals surface area (Å²) in [4.78, 5) is 26.3. The number of ether oxygens (including phenoxy) is 1. The molecule has 0 unspecified atom stereocenters. The van der Waals surface area contributed by atoms with Gasteiger partial charge in [0.15, 0.2) is 0 Å². The third-order valence-electron chi connectivity index (χ3n) is 4.33. The molecule has 1 N–H and O–H groups in total. The van der Waals surface area contributed by atoms with Crippen LogP contribution in [0.1, 0.15) is 46.5 Å². The van der Waals surface area contributed by atoms with Crippen LogP contribution in [-0.4, -0.2) is 31.0 Å². The summed E-state index contributed by atoms with van der Waals surface area (Å²) in [7, 11) is 0. The molecular formula is C19H28N2O3. The summed E-state index contributed by atoms with van der Waals surface area (Å²) in [5.41, 5.74) is 0.817. The molecule has 0 radical (unpaired) electrons. The molecule has 0 bridgehead atoms. The van der Waals surface area contributed by atoms with Crippen molar-refractivity contribution < 1.29 is 14.3 Å². The van der Waals surface area contributed by atoms with E-state index in [0.29, 0.717) is 13.2 Å². The summed E-state index contributed by atoms with van der Waals surface area (Å²) >= 11 is 0. The fourth-order valence-electron chi connectivity index (χ4n) is 2.96. The van der Waals surface area contributed by atoms with Gasteiger partial charge in [-0.15, -0.1) is 0 Å². The Balaban J connectivity index is 1.93. The molecule has 5 heteroatoms. The van der Waals surface area contributed by atoms with E-state index < -0.39 is 0 Å². The summed E-state index contributed by atoms with van der Waals surface area (Å²) in [6.45, 7) is 7.15. The number of amides is 2. The minimum atomic E-state index is -0.270. The Morgan fingerprint density at radius 3 is 2.67 bits per heavy atom. The van der Waals surface area contributed by atoms with Gasteiger partial charge in [0.05, 0.1) is 12.5 Å². The summed E-state index contributed by atoms with van der Waals surface area (Å²) in [6, 6.07) is 7.60. The van der Waals surface area contributed by atoms with Crippen LogP contribution in [0, 0.1) is 5.92 Å². The van der Waals surface area contributed by atoms with Crippen molar-refractivity contribution in [3.8, 4) is 5.75 Å². The monoisotopic (exact) mass is 332 g/mol. The molecule has 0 aliphatic carbocycles. The first-order valence-electron chi connectivity index (χ1n) is 8.88. The molecule has 0 spiro atoms. The highest BCUT2D eigenvalue weighted by Crippen LogP contribution is 2.27. The fraction of sp³-hybridized carbons (Fsp3) is 0.579. The largest absolute Gasteiger partial charge is 0.494 e. The molecule has 2 rings (SSSR count). The maximum atomic E-state index is 12.4. The Labute approximate surface area is 144 Å². The molecule has 1 aromatic carbocycles. The summed E-state index contributed by atoms with van der Waals surface area (Å²) in [5, 5.41) is 3.04. The number of nitrogens with one attached hydrogen (secondary N) is 1. The Morgan fingerprint density at radius 2 is 2.04 bits per heavy atom. The number of rotatable bonds is 8. The van der Waals surface area contributed by atoms with Gasteiger partial charge in [0.1, 0.15) is 5.75 Å². The summed E-state index contributed by atoms with van der Waals surface area (Å²) in [5.74, 6) is 0.501. The third kappa shape index (κ3) is 4.73. The molecule has 2 atom stereocenters. The van der Waals surface area contributed by atoms with E-state index in [1.54, 1.807) is 4.90 Å². The first-order chi connectivity index (χ1) is 11.5. The van der Waals surface area contributed by atoms with Gasteiger partial charge in [-0.05, 0) is 44.5 Å². The van der Waals surface area contributed by atoms with Gasteiger partial charge in [-0.2, -0.15) is 0 Å². The lowest BCUT2D eigenvalue weighted by molar-refractivity contribution is -0.126. The zero-order valence-electron chi connectivity index (χ0n) is 14.9. The number of anilines is 1. The van der Waals surface area contributed by atoms with Gasteiger partial charge in [-0.1, -0.05) is 19.8 Å². The van der Waals surface area contributed by atoms with Crippen molar-refractivity contribution in [3.05, 3.63) is 24.3 Å². The van der Waals surface area contributed by atoms with Crippen molar-refractivity contribution in [2.45, 2.75) is 52.5 Å². The first kappa shape index (κ1) is 18.3. The van der Waals surface area contributed by atoms with Crippen molar-refractivity contribution in [1.29, 1.82) is 0 Å². The van der Waals surface area contributed by atoms with E-state index >= 15 is 0 Å². The normalized spacial score (nSPS) is 18.5. The van der Waals surface area contributed by atoms with Crippen LogP contribution in [0.3, 0.4) is 0 Å². The molecule has 0 saturated carbocycles. The second kappa shape index (κ2) is 8.71. The predicted molar refractivity (Wildman–Crippen MR) is 95.2 cm³/mol. The zero-order chi connectivity index (χ0) is 17.5. The maximum Gasteiger partial charge on any atom is 0.227 e. The molecule has 1 saturated heterocycles. The second-order valence-electron chi connectivity index (χ2n) is 6.38. The third-order valence-corrected chi connectivity index (χ3v) is 4.33. The highest BCUT2D eigenvalue weighted by atomic mass is 16.5. The Kier molecular flexibility index (Phi) is 6.64. The Hall–Kier alpha value is -2.04. The van der Waals surface area contributed by atoms with Gasteiger partial charge in [-0.25, -0.2) is 0 Å². The quantitative estimate of drug-likeness (QED) is 0.795. The molecule has 1 aliphatic rings. The number of unbranched alkanes of at least 4 members (excludes halogenated alkanes) is 1. The van der Waals surface area contributed by atoms with Crippen molar-refractivity contribution in [3.63, 3.8) is 0 Å². The highest BCUT2D eigenvalue weighted by molar-refractivity contribution is 6.00. The number of nitrogens with zero attached hydrogens (tertiary/aromatic N) is 1. The number of benzene rings is 1. The van der Waals surface area contributed by atoms with Crippen LogP contribution in [0.4, 0.5) is 5.69 Å². The molecule has 132 valence electrons. The van der Waals surface area contributed by atoms with Crippen LogP contribution in [0.15, 0.2) is 24.3 Å². The van der Waals surface area contributed by atoms with E-state index in [1.807, 2.05) is 38.1 Å². The maximum absolute atomic E-state index is 12.4. The average molecular weight is 332 g/mol. The van der Waals surface area contributed by atoms with E-state index in [2.05, 4.69) is 12.2 Å². The lowest BCUT2D eigenvalue weighted by Gasteiger charge is -2.18. The van der Waals surface area contributed by atoms with Gasteiger partial charge in [0.2, 0.25) is 11.8 Å². The van der Waals surface area contributed by atoms with Gasteiger partial charge in [0, 0.05) is 24.7 Å². The van der Waals surface area contributed by atoms with Crippen molar-refractivity contribution >= 4 is 17.5 Å². The molecule has 5 nitrogen and oxygen atoms in total. The molecular weight excluding hydrogens is 304 g/mol. The van der Waals surface area contributed by atoms with Gasteiger partial charge in [0.25, 0.3) is 0 Å². The van der Waals surface area contributed by atoms with Crippen LogP contribution in [-0.2, 0) is 9.59 Å². The van der Waals surface area contributed by atoms with Crippen LogP contribution >= 0.6 is 0 Å². The van der Waals surface area contributed by atoms with Crippen LogP contribution in [0.25, 0.3) is 0 Å². The lowest BCUT2D eigenvalue weighted by Crippen LogP contribution is -2.38. The molecule has 1 heterocycles.